The summed E-state index contributed by atoms with van der Waals surface area (Å²) in [6, 6.07) is 0. The molecular weight excluding hydrogens is 364 g/mol. The Balaban J connectivity index is 1.59. The van der Waals surface area contributed by atoms with Crippen molar-refractivity contribution in [2.45, 2.75) is 90.8 Å². The molecule has 10 atom stereocenters. The van der Waals surface area contributed by atoms with Gasteiger partial charge in [0.2, 0.25) is 0 Å². The summed E-state index contributed by atoms with van der Waals surface area (Å²) in [5.41, 5.74) is 0.00457. The lowest BCUT2D eigenvalue weighted by Gasteiger charge is -2.63. The molecule has 0 aliphatic heterocycles. The molecule has 29 heavy (non-hydrogen) atoms. The number of ether oxygens (including phenoxy) is 1. The van der Waals surface area contributed by atoms with E-state index >= 15 is 0 Å². The average Bonchev–Trinajstić information content (AvgIpc) is 3.03. The number of carbonyl (C=O) groups is 1. The van der Waals surface area contributed by atoms with Crippen LogP contribution in [0.1, 0.15) is 78.6 Å². The van der Waals surface area contributed by atoms with Gasteiger partial charge >= 0.3 is 0 Å². The molecule has 0 radical (unpaired) electrons. The number of methoxy groups -OCH3 is 1. The van der Waals surface area contributed by atoms with Crippen LogP contribution in [0.4, 0.5) is 0 Å². The SMILES string of the molecule is COCCCC(C)C1CCC2C3C(C[C@H](O)[C@]12C)[C@@]1(C)CCC(=O)CC1C[C@H]3O. The van der Waals surface area contributed by atoms with E-state index in [9.17, 15) is 15.0 Å². The first-order valence-corrected chi connectivity index (χ1v) is 12.1. The van der Waals surface area contributed by atoms with Gasteiger partial charge in [0, 0.05) is 26.6 Å². The summed E-state index contributed by atoms with van der Waals surface area (Å²) < 4.78 is 5.26. The Hall–Kier alpha value is -0.450. The number of carbonyl (C=O) groups excluding carboxylic acids is 1. The number of hydrogen-bond donors (Lipinski definition) is 2. The topological polar surface area (TPSA) is 66.8 Å². The highest BCUT2D eigenvalue weighted by Gasteiger charge is 2.65. The molecule has 4 fully saturated rings. The molecule has 0 amide bonds. The molecule has 166 valence electrons. The fourth-order valence-electron chi connectivity index (χ4n) is 8.70. The second-order valence-electron chi connectivity index (χ2n) is 11.5. The van der Waals surface area contributed by atoms with Gasteiger partial charge in [0.05, 0.1) is 12.2 Å². The molecule has 4 nitrogen and oxygen atoms in total. The molecule has 4 rings (SSSR count). The van der Waals surface area contributed by atoms with Gasteiger partial charge in [0.1, 0.15) is 5.78 Å². The molecule has 4 aliphatic carbocycles. The predicted molar refractivity (Wildman–Crippen MR) is 113 cm³/mol. The number of hydrogen-bond acceptors (Lipinski definition) is 4. The summed E-state index contributed by atoms with van der Waals surface area (Å²) in [5, 5.41) is 22.8. The molecule has 4 heteroatoms. The minimum Gasteiger partial charge on any atom is -0.393 e. The molecule has 4 saturated carbocycles. The summed E-state index contributed by atoms with van der Waals surface area (Å²) in [7, 11) is 1.76. The zero-order valence-electron chi connectivity index (χ0n) is 18.9. The number of Topliss-reactive ketones (excluding diaryl/α,β-unsaturated/α-hetero) is 1. The Morgan fingerprint density at radius 3 is 2.66 bits per heavy atom. The van der Waals surface area contributed by atoms with E-state index < -0.39 is 0 Å². The number of fused-ring (bicyclic) bond motifs is 5. The number of aliphatic hydroxyl groups excluding tert-OH is 2. The smallest absolute Gasteiger partial charge is 0.133 e. The van der Waals surface area contributed by atoms with Gasteiger partial charge in [-0.2, -0.15) is 0 Å². The Morgan fingerprint density at radius 1 is 1.17 bits per heavy atom. The van der Waals surface area contributed by atoms with E-state index in [1.807, 2.05) is 0 Å². The zero-order valence-corrected chi connectivity index (χ0v) is 18.9. The van der Waals surface area contributed by atoms with Crippen LogP contribution in [0.3, 0.4) is 0 Å². The first-order valence-electron chi connectivity index (χ1n) is 12.1. The maximum atomic E-state index is 12.1. The van der Waals surface area contributed by atoms with Gasteiger partial charge in [0.15, 0.2) is 0 Å². The monoisotopic (exact) mass is 406 g/mol. The van der Waals surface area contributed by atoms with E-state index in [0.29, 0.717) is 48.2 Å². The third kappa shape index (κ3) is 3.32. The first-order chi connectivity index (χ1) is 13.7. The lowest BCUT2D eigenvalue weighted by Crippen LogP contribution is -2.62. The van der Waals surface area contributed by atoms with E-state index in [4.69, 9.17) is 4.74 Å². The quantitative estimate of drug-likeness (QED) is 0.671. The fraction of sp³-hybridized carbons (Fsp3) is 0.960. The van der Waals surface area contributed by atoms with Crippen LogP contribution in [0.15, 0.2) is 0 Å². The standard InChI is InChI=1S/C25H42O4/c1-15(6-5-11-29-4)18-7-8-19-23-20(14-22(28)25(18,19)3)24(2)10-9-17(26)12-16(24)13-21(23)27/h15-16,18-23,27-28H,5-14H2,1-4H3/t15?,16?,18?,19?,20?,21-,22+,23?,24+,25-/m1/s1. The minimum absolute atomic E-state index is 0.0949. The molecule has 0 aromatic rings. The molecule has 0 aromatic heterocycles. The van der Waals surface area contributed by atoms with Crippen molar-refractivity contribution in [2.75, 3.05) is 13.7 Å². The van der Waals surface area contributed by atoms with Crippen molar-refractivity contribution in [3.8, 4) is 0 Å². The van der Waals surface area contributed by atoms with Gasteiger partial charge in [-0.25, -0.2) is 0 Å². The van der Waals surface area contributed by atoms with Crippen molar-refractivity contribution < 1.29 is 19.7 Å². The largest absolute Gasteiger partial charge is 0.393 e. The minimum atomic E-state index is -0.316. The van der Waals surface area contributed by atoms with Crippen LogP contribution in [0.5, 0.6) is 0 Å². The Morgan fingerprint density at radius 2 is 1.93 bits per heavy atom. The Kier molecular flexibility index (Phi) is 5.94. The third-order valence-electron chi connectivity index (χ3n) is 10.4. The van der Waals surface area contributed by atoms with Gasteiger partial charge in [0.25, 0.3) is 0 Å². The lowest BCUT2D eigenvalue weighted by atomic mass is 9.43. The summed E-state index contributed by atoms with van der Waals surface area (Å²) >= 11 is 0. The van der Waals surface area contributed by atoms with Crippen LogP contribution in [0.25, 0.3) is 0 Å². The van der Waals surface area contributed by atoms with Gasteiger partial charge in [-0.3, -0.25) is 4.79 Å². The highest BCUT2D eigenvalue weighted by Crippen LogP contribution is 2.68. The average molecular weight is 407 g/mol. The molecule has 0 bridgehead atoms. The van der Waals surface area contributed by atoms with E-state index in [0.717, 1.165) is 45.1 Å². The number of aliphatic hydroxyl groups is 2. The van der Waals surface area contributed by atoms with Crippen LogP contribution < -0.4 is 0 Å². The first kappa shape index (κ1) is 21.8. The van der Waals surface area contributed by atoms with Crippen molar-refractivity contribution in [3.63, 3.8) is 0 Å². The van der Waals surface area contributed by atoms with Gasteiger partial charge in [-0.15, -0.1) is 0 Å². The predicted octanol–water partition coefficient (Wildman–Crippen LogP) is 4.22. The molecule has 0 spiro atoms. The van der Waals surface area contributed by atoms with Crippen LogP contribution in [0.2, 0.25) is 0 Å². The van der Waals surface area contributed by atoms with Crippen molar-refractivity contribution in [1.82, 2.24) is 0 Å². The number of rotatable bonds is 5. The molecule has 4 aliphatic rings. The highest BCUT2D eigenvalue weighted by atomic mass is 16.5. The summed E-state index contributed by atoms with van der Waals surface area (Å²) in [6.45, 7) is 7.85. The van der Waals surface area contributed by atoms with E-state index in [2.05, 4.69) is 20.8 Å². The fourth-order valence-corrected chi connectivity index (χ4v) is 8.70. The molecule has 0 saturated heterocycles. The van der Waals surface area contributed by atoms with Gasteiger partial charge < -0.3 is 14.9 Å². The lowest BCUT2D eigenvalue weighted by molar-refractivity contribution is -0.201. The molecule has 0 heterocycles. The van der Waals surface area contributed by atoms with Crippen LogP contribution >= 0.6 is 0 Å². The molecule has 0 aromatic carbocycles. The Labute approximate surface area is 176 Å². The van der Waals surface area contributed by atoms with E-state index in [1.165, 1.54) is 6.42 Å². The maximum Gasteiger partial charge on any atom is 0.133 e. The van der Waals surface area contributed by atoms with Crippen LogP contribution in [-0.2, 0) is 9.53 Å². The maximum absolute atomic E-state index is 12.1. The van der Waals surface area contributed by atoms with E-state index in [-0.39, 0.29) is 29.0 Å². The van der Waals surface area contributed by atoms with Gasteiger partial charge in [-0.1, -0.05) is 20.8 Å². The van der Waals surface area contributed by atoms with Crippen molar-refractivity contribution in [2.24, 2.45) is 46.3 Å². The normalized spacial score (nSPS) is 50.6. The van der Waals surface area contributed by atoms with Crippen molar-refractivity contribution in [3.05, 3.63) is 0 Å². The van der Waals surface area contributed by atoms with E-state index in [1.54, 1.807) is 7.11 Å². The number of ketones is 1. The highest BCUT2D eigenvalue weighted by molar-refractivity contribution is 5.79. The molecule has 6 unspecified atom stereocenters. The van der Waals surface area contributed by atoms with Crippen LogP contribution in [-0.4, -0.2) is 41.9 Å². The summed E-state index contributed by atoms with van der Waals surface area (Å²) in [4.78, 5) is 12.1. The molecule has 2 N–H and O–H groups in total. The summed E-state index contributed by atoms with van der Waals surface area (Å²) in [6.07, 6.45) is 7.74. The summed E-state index contributed by atoms with van der Waals surface area (Å²) in [5.74, 6) is 2.78. The van der Waals surface area contributed by atoms with Gasteiger partial charge in [-0.05, 0) is 91.3 Å². The van der Waals surface area contributed by atoms with Crippen LogP contribution in [0, 0.1) is 46.3 Å². The Bertz CT molecular complexity index is 620. The zero-order chi connectivity index (χ0) is 21.0. The second kappa shape index (κ2) is 7.91. The second-order valence-corrected chi connectivity index (χ2v) is 11.5. The molecular formula is C25H42O4. The third-order valence-corrected chi connectivity index (χ3v) is 10.4. The van der Waals surface area contributed by atoms with Crippen molar-refractivity contribution in [1.29, 1.82) is 0 Å². The van der Waals surface area contributed by atoms with Crippen molar-refractivity contribution >= 4 is 5.78 Å².